The Kier molecular flexibility index (Phi) is 5.68. The van der Waals surface area contributed by atoms with E-state index in [0.29, 0.717) is 0 Å². The van der Waals surface area contributed by atoms with E-state index in [4.69, 9.17) is 14.1 Å². The van der Waals surface area contributed by atoms with Gasteiger partial charge in [0.15, 0.2) is 12.2 Å². The fourth-order valence-electron chi connectivity index (χ4n) is 4.55. The number of hydrogen-bond donors (Lipinski definition) is 0. The smallest absolute Gasteiger partial charge is 0.181 e. The Morgan fingerprint density at radius 2 is 1.81 bits per heavy atom. The third-order valence-corrected chi connectivity index (χ3v) is 6.43. The number of rotatable bonds is 5. The van der Waals surface area contributed by atoms with Gasteiger partial charge in [0.1, 0.15) is 11.4 Å². The van der Waals surface area contributed by atoms with Crippen molar-refractivity contribution < 1.29 is 9.15 Å². The van der Waals surface area contributed by atoms with Crippen LogP contribution in [0.3, 0.4) is 0 Å². The molecule has 1 atom stereocenters. The standard InChI is InChI=1S/C25H29N5O2/c1-18(29-12-4-11-28(2)13-14-29)25-24(19-5-8-21(31-3)9-6-19)27-23-10-7-20(16-30(23)25)22-15-26-17-32-22/h5-10,15-18H,4,11-14H2,1-3H3. The second-order valence-corrected chi connectivity index (χ2v) is 8.45. The number of ether oxygens (including phenoxy) is 1. The van der Waals surface area contributed by atoms with Crippen LogP contribution in [0.2, 0.25) is 0 Å². The Bertz CT molecular complexity index is 1180. The van der Waals surface area contributed by atoms with Crippen LogP contribution in [-0.4, -0.2) is 64.5 Å². The number of benzene rings is 1. The lowest BCUT2D eigenvalue weighted by Crippen LogP contribution is -2.32. The first-order valence-corrected chi connectivity index (χ1v) is 11.1. The summed E-state index contributed by atoms with van der Waals surface area (Å²) in [5.41, 5.74) is 5.19. The van der Waals surface area contributed by atoms with E-state index in [1.165, 1.54) is 18.5 Å². The molecule has 32 heavy (non-hydrogen) atoms. The van der Waals surface area contributed by atoms with Crippen LogP contribution in [-0.2, 0) is 0 Å². The van der Waals surface area contributed by atoms with Gasteiger partial charge in [0, 0.05) is 43.0 Å². The first-order chi connectivity index (χ1) is 15.6. The van der Waals surface area contributed by atoms with Crippen molar-refractivity contribution in [3.8, 4) is 28.3 Å². The highest BCUT2D eigenvalue weighted by atomic mass is 16.5. The molecular formula is C25H29N5O2. The van der Waals surface area contributed by atoms with E-state index in [9.17, 15) is 0 Å². The van der Waals surface area contributed by atoms with Gasteiger partial charge in [-0.1, -0.05) is 0 Å². The van der Waals surface area contributed by atoms with Crippen LogP contribution >= 0.6 is 0 Å². The van der Waals surface area contributed by atoms with E-state index >= 15 is 0 Å². The van der Waals surface area contributed by atoms with Crippen LogP contribution in [0.5, 0.6) is 5.75 Å². The molecule has 0 spiro atoms. The summed E-state index contributed by atoms with van der Waals surface area (Å²) in [6.45, 7) is 6.61. The van der Waals surface area contributed by atoms with E-state index in [-0.39, 0.29) is 6.04 Å². The quantitative estimate of drug-likeness (QED) is 0.468. The Hall–Kier alpha value is -3.16. The molecule has 0 amide bonds. The zero-order chi connectivity index (χ0) is 22.1. The highest BCUT2D eigenvalue weighted by Crippen LogP contribution is 2.34. The molecule has 4 heterocycles. The van der Waals surface area contributed by atoms with Crippen molar-refractivity contribution in [1.82, 2.24) is 24.2 Å². The Morgan fingerprint density at radius 1 is 1.00 bits per heavy atom. The maximum atomic E-state index is 5.56. The largest absolute Gasteiger partial charge is 0.497 e. The van der Waals surface area contributed by atoms with Crippen molar-refractivity contribution in [3.63, 3.8) is 0 Å². The molecule has 4 aromatic rings. The highest BCUT2D eigenvalue weighted by Gasteiger charge is 2.26. The fourth-order valence-corrected chi connectivity index (χ4v) is 4.55. The fraction of sp³-hybridized carbons (Fsp3) is 0.360. The van der Waals surface area contributed by atoms with Gasteiger partial charge < -0.3 is 18.5 Å². The first-order valence-electron chi connectivity index (χ1n) is 11.1. The molecule has 1 aromatic carbocycles. The third kappa shape index (κ3) is 3.89. The molecule has 7 heteroatoms. The predicted molar refractivity (Wildman–Crippen MR) is 125 cm³/mol. The minimum atomic E-state index is 0.207. The molecule has 1 unspecified atom stereocenters. The second kappa shape index (κ2) is 8.76. The van der Waals surface area contributed by atoms with Gasteiger partial charge in [-0.2, -0.15) is 0 Å². The predicted octanol–water partition coefficient (Wildman–Crippen LogP) is 4.36. The van der Waals surface area contributed by atoms with Crippen molar-refractivity contribution in [2.45, 2.75) is 19.4 Å². The third-order valence-electron chi connectivity index (χ3n) is 6.43. The Morgan fingerprint density at radius 3 is 2.56 bits per heavy atom. The van der Waals surface area contributed by atoms with Crippen molar-refractivity contribution >= 4 is 5.65 Å². The van der Waals surface area contributed by atoms with Gasteiger partial charge in [-0.25, -0.2) is 9.97 Å². The van der Waals surface area contributed by atoms with Crippen LogP contribution in [0.15, 0.2) is 59.6 Å². The highest BCUT2D eigenvalue weighted by molar-refractivity contribution is 5.69. The van der Waals surface area contributed by atoms with Gasteiger partial charge in [-0.05, 0) is 63.3 Å². The number of hydrogen-bond acceptors (Lipinski definition) is 6. The molecule has 0 radical (unpaired) electrons. The van der Waals surface area contributed by atoms with Crippen molar-refractivity contribution in [3.05, 3.63) is 60.9 Å². The van der Waals surface area contributed by atoms with Crippen molar-refractivity contribution in [2.24, 2.45) is 0 Å². The van der Waals surface area contributed by atoms with Gasteiger partial charge in [0.05, 0.1) is 24.7 Å². The lowest BCUT2D eigenvalue weighted by molar-refractivity contribution is 0.213. The molecule has 166 valence electrons. The van der Waals surface area contributed by atoms with Crippen LogP contribution in [0.4, 0.5) is 0 Å². The maximum absolute atomic E-state index is 5.56. The van der Waals surface area contributed by atoms with Gasteiger partial charge in [0.2, 0.25) is 0 Å². The zero-order valence-electron chi connectivity index (χ0n) is 18.9. The number of pyridine rings is 1. The molecule has 0 saturated carbocycles. The summed E-state index contributed by atoms with van der Waals surface area (Å²) in [6, 6.07) is 12.5. The van der Waals surface area contributed by atoms with Crippen LogP contribution in [0.25, 0.3) is 28.2 Å². The summed E-state index contributed by atoms with van der Waals surface area (Å²) in [7, 11) is 3.89. The number of aromatic nitrogens is 3. The maximum Gasteiger partial charge on any atom is 0.181 e. The average molecular weight is 432 g/mol. The number of fused-ring (bicyclic) bond motifs is 1. The zero-order valence-corrected chi connectivity index (χ0v) is 18.9. The average Bonchev–Trinajstić information content (AvgIpc) is 3.43. The molecule has 0 N–H and O–H groups in total. The summed E-state index contributed by atoms with van der Waals surface area (Å²) in [5, 5.41) is 0. The molecular weight excluding hydrogens is 402 g/mol. The molecule has 3 aromatic heterocycles. The molecule has 1 saturated heterocycles. The summed E-state index contributed by atoms with van der Waals surface area (Å²) in [5.74, 6) is 1.59. The Labute approximate surface area is 188 Å². The summed E-state index contributed by atoms with van der Waals surface area (Å²) in [4.78, 5) is 14.1. The lowest BCUT2D eigenvalue weighted by atomic mass is 10.0. The summed E-state index contributed by atoms with van der Waals surface area (Å²) in [6.07, 6.45) is 6.49. The van der Waals surface area contributed by atoms with Gasteiger partial charge in [0.25, 0.3) is 0 Å². The molecule has 7 nitrogen and oxygen atoms in total. The summed E-state index contributed by atoms with van der Waals surface area (Å²) < 4.78 is 13.1. The van der Waals surface area contributed by atoms with E-state index < -0.39 is 0 Å². The van der Waals surface area contributed by atoms with Crippen molar-refractivity contribution in [1.29, 1.82) is 0 Å². The second-order valence-electron chi connectivity index (χ2n) is 8.45. The molecule has 1 aliphatic heterocycles. The molecule has 5 rings (SSSR count). The SMILES string of the molecule is COc1ccc(-c2nc3ccc(-c4cnco4)cn3c2C(C)N2CCCN(C)CC2)cc1. The van der Waals surface area contributed by atoms with Crippen LogP contribution in [0.1, 0.15) is 25.1 Å². The van der Waals surface area contributed by atoms with Gasteiger partial charge in [-0.15, -0.1) is 0 Å². The van der Waals surface area contributed by atoms with E-state index in [2.05, 4.69) is 57.6 Å². The Balaban J connectivity index is 1.64. The minimum Gasteiger partial charge on any atom is -0.497 e. The van der Waals surface area contributed by atoms with E-state index in [0.717, 1.165) is 60.2 Å². The van der Waals surface area contributed by atoms with Crippen molar-refractivity contribution in [2.75, 3.05) is 40.3 Å². The lowest BCUT2D eigenvalue weighted by Gasteiger charge is -2.28. The normalized spacial score (nSPS) is 16.8. The first kappa shape index (κ1) is 20.7. The van der Waals surface area contributed by atoms with E-state index in [1.807, 2.05) is 18.2 Å². The number of oxazole rings is 1. The number of methoxy groups -OCH3 is 1. The number of likely N-dealkylation sites (N-methyl/N-ethyl adjacent to an activating group) is 1. The van der Waals surface area contributed by atoms with Gasteiger partial charge >= 0.3 is 0 Å². The molecule has 1 fully saturated rings. The van der Waals surface area contributed by atoms with Crippen LogP contribution in [0, 0.1) is 0 Å². The monoisotopic (exact) mass is 431 g/mol. The topological polar surface area (TPSA) is 59.0 Å². The molecule has 1 aliphatic rings. The summed E-state index contributed by atoms with van der Waals surface area (Å²) >= 11 is 0. The van der Waals surface area contributed by atoms with E-state index in [1.54, 1.807) is 13.3 Å². The molecule has 0 bridgehead atoms. The molecule has 0 aliphatic carbocycles. The minimum absolute atomic E-state index is 0.207. The van der Waals surface area contributed by atoms with Crippen LogP contribution < -0.4 is 4.74 Å². The number of nitrogens with zero attached hydrogens (tertiary/aromatic N) is 5. The number of imidazole rings is 1. The van der Waals surface area contributed by atoms with Gasteiger partial charge in [-0.3, -0.25) is 4.90 Å².